The number of nitrogens with zero attached hydrogens (tertiary/aromatic N) is 3. The quantitative estimate of drug-likeness (QED) is 0.626. The number of hydrogen-bond donors (Lipinski definition) is 2. The van der Waals surface area contributed by atoms with E-state index in [0.29, 0.717) is 24.7 Å². The number of hydrogen-bond acceptors (Lipinski definition) is 6. The SMILES string of the molecule is CCNCCNS(=O)(=O)c1ccc(OCc2ncnn2C)cc1.Cl. The van der Waals surface area contributed by atoms with Crippen molar-refractivity contribution in [1.29, 1.82) is 0 Å². The van der Waals surface area contributed by atoms with Crippen LogP contribution in [-0.4, -0.2) is 42.8 Å². The molecule has 0 saturated heterocycles. The van der Waals surface area contributed by atoms with Crippen LogP contribution < -0.4 is 14.8 Å². The van der Waals surface area contributed by atoms with Gasteiger partial charge in [0.15, 0.2) is 5.82 Å². The topological polar surface area (TPSA) is 98.1 Å². The molecule has 134 valence electrons. The Morgan fingerprint density at radius 1 is 1.21 bits per heavy atom. The van der Waals surface area contributed by atoms with E-state index in [1.165, 1.54) is 18.5 Å². The van der Waals surface area contributed by atoms with Gasteiger partial charge in [0, 0.05) is 20.1 Å². The largest absolute Gasteiger partial charge is 0.486 e. The van der Waals surface area contributed by atoms with Crippen LogP contribution in [0.2, 0.25) is 0 Å². The highest BCUT2D eigenvalue weighted by atomic mass is 35.5. The van der Waals surface area contributed by atoms with E-state index in [1.54, 1.807) is 23.9 Å². The van der Waals surface area contributed by atoms with E-state index in [2.05, 4.69) is 20.1 Å². The van der Waals surface area contributed by atoms with Crippen LogP contribution in [0.1, 0.15) is 12.7 Å². The molecule has 1 heterocycles. The number of aryl methyl sites for hydroxylation is 1. The van der Waals surface area contributed by atoms with Gasteiger partial charge in [-0.3, -0.25) is 4.68 Å². The number of rotatable bonds is 9. The predicted octanol–water partition coefficient (Wildman–Crippen LogP) is 0.704. The molecule has 0 saturated carbocycles. The van der Waals surface area contributed by atoms with Gasteiger partial charge >= 0.3 is 0 Å². The number of halogens is 1. The summed E-state index contributed by atoms with van der Waals surface area (Å²) in [5, 5.41) is 7.01. The van der Waals surface area contributed by atoms with Crippen LogP contribution in [0.4, 0.5) is 0 Å². The Bertz CT molecular complexity index is 718. The first-order valence-electron chi connectivity index (χ1n) is 7.29. The lowest BCUT2D eigenvalue weighted by Gasteiger charge is -2.09. The van der Waals surface area contributed by atoms with Crippen LogP contribution in [-0.2, 0) is 23.7 Å². The van der Waals surface area contributed by atoms with Crippen LogP contribution in [0.15, 0.2) is 35.5 Å². The lowest BCUT2D eigenvalue weighted by atomic mass is 10.3. The van der Waals surface area contributed by atoms with Crippen molar-refractivity contribution in [2.45, 2.75) is 18.4 Å². The maximum absolute atomic E-state index is 12.1. The van der Waals surface area contributed by atoms with E-state index in [4.69, 9.17) is 4.74 Å². The summed E-state index contributed by atoms with van der Waals surface area (Å²) in [6.07, 6.45) is 1.45. The second kappa shape index (κ2) is 9.58. The molecule has 1 aromatic heterocycles. The zero-order valence-corrected chi connectivity index (χ0v) is 15.2. The van der Waals surface area contributed by atoms with Gasteiger partial charge < -0.3 is 10.1 Å². The van der Waals surface area contributed by atoms with Gasteiger partial charge in [-0.05, 0) is 30.8 Å². The zero-order chi connectivity index (χ0) is 16.7. The molecule has 0 atom stereocenters. The summed E-state index contributed by atoms with van der Waals surface area (Å²) < 4.78 is 33.9. The summed E-state index contributed by atoms with van der Waals surface area (Å²) in [5.74, 6) is 1.26. The van der Waals surface area contributed by atoms with Crippen molar-refractivity contribution in [3.05, 3.63) is 36.4 Å². The molecular weight excluding hydrogens is 354 g/mol. The first kappa shape index (κ1) is 20.4. The highest BCUT2D eigenvalue weighted by Crippen LogP contribution is 2.16. The molecule has 2 N–H and O–H groups in total. The van der Waals surface area contributed by atoms with Crippen molar-refractivity contribution >= 4 is 22.4 Å². The van der Waals surface area contributed by atoms with Crippen LogP contribution in [0.3, 0.4) is 0 Å². The second-order valence-corrected chi connectivity index (χ2v) is 6.58. The Balaban J connectivity index is 0.00000288. The maximum Gasteiger partial charge on any atom is 0.240 e. The molecule has 0 spiro atoms. The minimum atomic E-state index is -3.49. The van der Waals surface area contributed by atoms with Gasteiger partial charge in [-0.25, -0.2) is 18.1 Å². The molecule has 2 aromatic rings. The molecule has 0 aliphatic rings. The molecule has 0 aliphatic carbocycles. The Kier molecular flexibility index (Phi) is 8.13. The van der Waals surface area contributed by atoms with E-state index in [-0.39, 0.29) is 23.9 Å². The minimum Gasteiger partial charge on any atom is -0.486 e. The zero-order valence-electron chi connectivity index (χ0n) is 13.6. The molecule has 24 heavy (non-hydrogen) atoms. The molecule has 2 rings (SSSR count). The molecule has 0 fully saturated rings. The molecule has 0 amide bonds. The molecule has 0 bridgehead atoms. The van der Waals surface area contributed by atoms with Crippen LogP contribution in [0.25, 0.3) is 0 Å². The number of nitrogens with one attached hydrogen (secondary N) is 2. The molecule has 0 radical (unpaired) electrons. The number of likely N-dealkylation sites (N-methyl/N-ethyl adjacent to an activating group) is 1. The van der Waals surface area contributed by atoms with Gasteiger partial charge in [0.05, 0.1) is 4.90 Å². The maximum atomic E-state index is 12.1. The summed E-state index contributed by atoms with van der Waals surface area (Å²) in [6, 6.07) is 6.27. The van der Waals surface area contributed by atoms with Crippen molar-refractivity contribution in [3.8, 4) is 5.75 Å². The third kappa shape index (κ3) is 5.75. The fraction of sp³-hybridized carbons (Fsp3) is 0.429. The molecular formula is C14H22ClN5O3S. The number of ether oxygens (including phenoxy) is 1. The van der Waals surface area contributed by atoms with Crippen LogP contribution >= 0.6 is 12.4 Å². The average Bonchev–Trinajstić information content (AvgIpc) is 2.95. The van der Waals surface area contributed by atoms with E-state index in [0.717, 1.165) is 6.54 Å². The molecule has 1 aromatic carbocycles. The molecule has 8 nitrogen and oxygen atoms in total. The Morgan fingerprint density at radius 2 is 1.92 bits per heavy atom. The number of sulfonamides is 1. The van der Waals surface area contributed by atoms with E-state index in [9.17, 15) is 8.42 Å². The number of benzene rings is 1. The second-order valence-electron chi connectivity index (χ2n) is 4.81. The van der Waals surface area contributed by atoms with Gasteiger partial charge in [0.25, 0.3) is 0 Å². The molecule has 0 aliphatic heterocycles. The van der Waals surface area contributed by atoms with Gasteiger partial charge in [-0.2, -0.15) is 5.10 Å². The van der Waals surface area contributed by atoms with Crippen molar-refractivity contribution < 1.29 is 13.2 Å². The van der Waals surface area contributed by atoms with Crippen molar-refractivity contribution in [2.75, 3.05) is 19.6 Å². The van der Waals surface area contributed by atoms with Crippen LogP contribution in [0.5, 0.6) is 5.75 Å². The highest BCUT2D eigenvalue weighted by molar-refractivity contribution is 7.89. The monoisotopic (exact) mass is 375 g/mol. The van der Waals surface area contributed by atoms with E-state index < -0.39 is 10.0 Å². The van der Waals surface area contributed by atoms with E-state index in [1.807, 2.05) is 6.92 Å². The predicted molar refractivity (Wildman–Crippen MR) is 92.8 cm³/mol. The van der Waals surface area contributed by atoms with E-state index >= 15 is 0 Å². The summed E-state index contributed by atoms with van der Waals surface area (Å²) in [5.41, 5.74) is 0. The summed E-state index contributed by atoms with van der Waals surface area (Å²) in [6.45, 7) is 3.98. The first-order valence-corrected chi connectivity index (χ1v) is 8.77. The van der Waals surface area contributed by atoms with Crippen LogP contribution in [0, 0.1) is 0 Å². The lowest BCUT2D eigenvalue weighted by Crippen LogP contribution is -2.31. The normalized spacial score (nSPS) is 11.1. The van der Waals surface area contributed by atoms with Gasteiger partial charge in [-0.1, -0.05) is 6.92 Å². The van der Waals surface area contributed by atoms with Crippen molar-refractivity contribution in [3.63, 3.8) is 0 Å². The molecule has 10 heteroatoms. The Labute approximate surface area is 148 Å². The smallest absolute Gasteiger partial charge is 0.240 e. The number of aromatic nitrogens is 3. The van der Waals surface area contributed by atoms with Crippen molar-refractivity contribution in [1.82, 2.24) is 24.8 Å². The minimum absolute atomic E-state index is 0. The van der Waals surface area contributed by atoms with Gasteiger partial charge in [0.2, 0.25) is 10.0 Å². The average molecular weight is 376 g/mol. The standard InChI is InChI=1S/C14H21N5O3S.ClH/c1-3-15-8-9-18-23(20,21)13-6-4-12(5-7-13)22-10-14-16-11-17-19(14)2;/h4-7,11,15,18H,3,8-10H2,1-2H3;1H. The first-order chi connectivity index (χ1) is 11.0. The molecule has 0 unspecified atom stereocenters. The summed E-state index contributed by atoms with van der Waals surface area (Å²) in [7, 11) is -1.72. The summed E-state index contributed by atoms with van der Waals surface area (Å²) >= 11 is 0. The van der Waals surface area contributed by atoms with Crippen molar-refractivity contribution in [2.24, 2.45) is 7.05 Å². The summed E-state index contributed by atoms with van der Waals surface area (Å²) in [4.78, 5) is 4.26. The van der Waals surface area contributed by atoms with Gasteiger partial charge in [-0.15, -0.1) is 12.4 Å². The third-order valence-corrected chi connectivity index (χ3v) is 4.63. The van der Waals surface area contributed by atoms with Gasteiger partial charge in [0.1, 0.15) is 18.7 Å². The fourth-order valence-corrected chi connectivity index (χ4v) is 2.88. The Hall–Kier alpha value is -1.68. The highest BCUT2D eigenvalue weighted by Gasteiger charge is 2.13. The lowest BCUT2D eigenvalue weighted by molar-refractivity contribution is 0.289. The fourth-order valence-electron chi connectivity index (χ4n) is 1.85. The Morgan fingerprint density at radius 3 is 2.50 bits per heavy atom. The third-order valence-electron chi connectivity index (χ3n) is 3.15.